The molecule has 0 radical (unpaired) electrons. The van der Waals surface area contributed by atoms with E-state index < -0.39 is 0 Å². The van der Waals surface area contributed by atoms with Crippen molar-refractivity contribution in [2.24, 2.45) is 17.1 Å². The highest BCUT2D eigenvalue weighted by Gasteiger charge is 2.32. The Hall–Kier alpha value is -1.10. The van der Waals surface area contributed by atoms with E-state index >= 15 is 0 Å². The Morgan fingerprint density at radius 2 is 2.00 bits per heavy atom. The summed E-state index contributed by atoms with van der Waals surface area (Å²) in [5, 5.41) is 5.47. The van der Waals surface area contributed by atoms with Crippen molar-refractivity contribution in [1.82, 2.24) is 10.6 Å². The standard InChI is InChI=1S/C13H25N3O2/c1-9-6-13(2,3)5-4-10(9)16-12(18)8-15-11(17)7-14/h9-10H,4-8,14H2,1-3H3,(H,15,17)(H,16,18). The number of carbonyl (C=O) groups excluding carboxylic acids is 2. The van der Waals surface area contributed by atoms with Crippen LogP contribution in [0.2, 0.25) is 0 Å². The molecule has 18 heavy (non-hydrogen) atoms. The Morgan fingerprint density at radius 1 is 1.33 bits per heavy atom. The molecule has 4 N–H and O–H groups in total. The quantitative estimate of drug-likeness (QED) is 0.679. The van der Waals surface area contributed by atoms with Gasteiger partial charge in [0, 0.05) is 6.04 Å². The summed E-state index contributed by atoms with van der Waals surface area (Å²) in [6.45, 7) is 6.64. The van der Waals surface area contributed by atoms with Crippen molar-refractivity contribution < 1.29 is 9.59 Å². The summed E-state index contributed by atoms with van der Waals surface area (Å²) in [6.07, 6.45) is 3.25. The van der Waals surface area contributed by atoms with Crippen molar-refractivity contribution >= 4 is 11.8 Å². The van der Waals surface area contributed by atoms with E-state index in [9.17, 15) is 9.59 Å². The van der Waals surface area contributed by atoms with E-state index in [0.717, 1.165) is 19.3 Å². The van der Waals surface area contributed by atoms with Gasteiger partial charge in [-0.15, -0.1) is 0 Å². The second-order valence-electron chi connectivity index (χ2n) is 6.04. The highest BCUT2D eigenvalue weighted by Crippen LogP contribution is 2.38. The second-order valence-corrected chi connectivity index (χ2v) is 6.04. The predicted molar refractivity (Wildman–Crippen MR) is 70.8 cm³/mol. The molecule has 0 heterocycles. The Labute approximate surface area is 109 Å². The fourth-order valence-corrected chi connectivity index (χ4v) is 2.67. The summed E-state index contributed by atoms with van der Waals surface area (Å²) in [5.41, 5.74) is 5.52. The van der Waals surface area contributed by atoms with Crippen LogP contribution in [0.25, 0.3) is 0 Å². The van der Waals surface area contributed by atoms with Gasteiger partial charge in [-0.3, -0.25) is 9.59 Å². The van der Waals surface area contributed by atoms with Crippen LogP contribution in [0.5, 0.6) is 0 Å². The van der Waals surface area contributed by atoms with Gasteiger partial charge >= 0.3 is 0 Å². The van der Waals surface area contributed by atoms with Gasteiger partial charge in [0.15, 0.2) is 0 Å². The Morgan fingerprint density at radius 3 is 2.56 bits per heavy atom. The van der Waals surface area contributed by atoms with Crippen LogP contribution in [-0.2, 0) is 9.59 Å². The van der Waals surface area contributed by atoms with Crippen LogP contribution in [0.1, 0.15) is 40.0 Å². The molecule has 5 heteroatoms. The highest BCUT2D eigenvalue weighted by atomic mass is 16.2. The first-order valence-corrected chi connectivity index (χ1v) is 6.60. The molecule has 2 amide bonds. The molecule has 2 atom stereocenters. The number of hydrogen-bond acceptors (Lipinski definition) is 3. The van der Waals surface area contributed by atoms with Gasteiger partial charge in [-0.2, -0.15) is 0 Å². The first kappa shape index (κ1) is 15.0. The van der Waals surface area contributed by atoms with Crippen molar-refractivity contribution in [1.29, 1.82) is 0 Å². The maximum absolute atomic E-state index is 11.7. The van der Waals surface area contributed by atoms with Gasteiger partial charge in [0.1, 0.15) is 0 Å². The van der Waals surface area contributed by atoms with Gasteiger partial charge in [-0.1, -0.05) is 20.8 Å². The number of hydrogen-bond donors (Lipinski definition) is 3. The van der Waals surface area contributed by atoms with Crippen LogP contribution < -0.4 is 16.4 Å². The lowest BCUT2D eigenvalue weighted by molar-refractivity contribution is -0.126. The molecule has 1 rings (SSSR count). The monoisotopic (exact) mass is 255 g/mol. The number of carbonyl (C=O) groups is 2. The molecule has 0 bridgehead atoms. The lowest BCUT2D eigenvalue weighted by Gasteiger charge is -2.39. The molecule has 0 aromatic carbocycles. The Kier molecular flexibility index (Phi) is 5.14. The van der Waals surface area contributed by atoms with E-state index in [2.05, 4.69) is 31.4 Å². The lowest BCUT2D eigenvalue weighted by atomic mass is 9.70. The Balaban J connectivity index is 2.34. The smallest absolute Gasteiger partial charge is 0.239 e. The van der Waals surface area contributed by atoms with E-state index in [4.69, 9.17) is 5.73 Å². The summed E-state index contributed by atoms with van der Waals surface area (Å²) in [5.74, 6) is 0.0410. The van der Waals surface area contributed by atoms with Gasteiger partial charge in [-0.25, -0.2) is 0 Å². The maximum Gasteiger partial charge on any atom is 0.239 e. The minimum absolute atomic E-state index is 0.0165. The summed E-state index contributed by atoms with van der Waals surface area (Å²) < 4.78 is 0. The molecule has 1 aliphatic carbocycles. The van der Waals surface area contributed by atoms with Gasteiger partial charge < -0.3 is 16.4 Å². The zero-order chi connectivity index (χ0) is 13.8. The molecule has 0 aliphatic heterocycles. The van der Waals surface area contributed by atoms with E-state index in [1.165, 1.54) is 0 Å². The topological polar surface area (TPSA) is 84.2 Å². The number of rotatable bonds is 4. The second kappa shape index (κ2) is 6.18. The molecular formula is C13H25N3O2. The van der Waals surface area contributed by atoms with Crippen LogP contribution >= 0.6 is 0 Å². The third-order valence-corrected chi connectivity index (χ3v) is 3.67. The molecule has 0 aromatic rings. The van der Waals surface area contributed by atoms with Crippen molar-refractivity contribution in [3.05, 3.63) is 0 Å². The molecule has 1 fully saturated rings. The van der Waals surface area contributed by atoms with Crippen LogP contribution in [0.4, 0.5) is 0 Å². The minimum atomic E-state index is -0.303. The van der Waals surface area contributed by atoms with Crippen molar-refractivity contribution in [3.63, 3.8) is 0 Å². The highest BCUT2D eigenvalue weighted by molar-refractivity contribution is 5.85. The lowest BCUT2D eigenvalue weighted by Crippen LogP contribution is -2.48. The molecule has 104 valence electrons. The fourth-order valence-electron chi connectivity index (χ4n) is 2.67. The molecule has 1 saturated carbocycles. The van der Waals surface area contributed by atoms with E-state index in [1.54, 1.807) is 0 Å². The molecule has 1 aliphatic rings. The van der Waals surface area contributed by atoms with Crippen molar-refractivity contribution in [2.75, 3.05) is 13.1 Å². The first-order chi connectivity index (χ1) is 8.34. The average Bonchev–Trinajstić information content (AvgIpc) is 2.29. The van der Waals surface area contributed by atoms with Crippen LogP contribution in [0, 0.1) is 11.3 Å². The van der Waals surface area contributed by atoms with Crippen LogP contribution in [-0.4, -0.2) is 30.9 Å². The van der Waals surface area contributed by atoms with E-state index in [1.807, 2.05) is 0 Å². The molecular weight excluding hydrogens is 230 g/mol. The minimum Gasteiger partial charge on any atom is -0.352 e. The van der Waals surface area contributed by atoms with Crippen molar-refractivity contribution in [2.45, 2.75) is 46.1 Å². The summed E-state index contributed by atoms with van der Waals surface area (Å²) in [6, 6.07) is 0.223. The molecule has 2 unspecified atom stereocenters. The summed E-state index contributed by atoms with van der Waals surface area (Å²) in [4.78, 5) is 22.6. The number of nitrogens with one attached hydrogen (secondary N) is 2. The van der Waals surface area contributed by atoms with E-state index in [0.29, 0.717) is 11.3 Å². The predicted octanol–water partition coefficient (Wildman–Crippen LogP) is 0.392. The van der Waals surface area contributed by atoms with Crippen LogP contribution in [0.15, 0.2) is 0 Å². The molecule has 0 saturated heterocycles. The largest absolute Gasteiger partial charge is 0.352 e. The van der Waals surface area contributed by atoms with Gasteiger partial charge in [0.05, 0.1) is 13.1 Å². The third-order valence-electron chi connectivity index (χ3n) is 3.67. The van der Waals surface area contributed by atoms with E-state index in [-0.39, 0.29) is 30.9 Å². The number of nitrogens with two attached hydrogens (primary N) is 1. The fraction of sp³-hybridized carbons (Fsp3) is 0.846. The average molecular weight is 255 g/mol. The SMILES string of the molecule is CC1CC(C)(C)CCC1NC(=O)CNC(=O)CN. The maximum atomic E-state index is 11.7. The van der Waals surface area contributed by atoms with Crippen LogP contribution in [0.3, 0.4) is 0 Å². The normalized spacial score (nSPS) is 26.4. The first-order valence-electron chi connectivity index (χ1n) is 6.60. The van der Waals surface area contributed by atoms with Gasteiger partial charge in [0.2, 0.25) is 11.8 Å². The van der Waals surface area contributed by atoms with Gasteiger partial charge in [-0.05, 0) is 30.6 Å². The van der Waals surface area contributed by atoms with Crippen molar-refractivity contribution in [3.8, 4) is 0 Å². The molecule has 0 aromatic heterocycles. The summed E-state index contributed by atoms with van der Waals surface area (Å²) >= 11 is 0. The number of amides is 2. The zero-order valence-corrected chi connectivity index (χ0v) is 11.6. The molecule has 5 nitrogen and oxygen atoms in total. The zero-order valence-electron chi connectivity index (χ0n) is 11.6. The molecule has 0 spiro atoms. The third kappa shape index (κ3) is 4.64. The summed E-state index contributed by atoms with van der Waals surface area (Å²) in [7, 11) is 0. The van der Waals surface area contributed by atoms with Gasteiger partial charge in [0.25, 0.3) is 0 Å². The Bertz CT molecular complexity index is 315.